The van der Waals surface area contributed by atoms with Crippen LogP contribution in [-0.4, -0.2) is 13.1 Å². The fraction of sp³-hybridized carbons (Fsp3) is 0.294. The molecule has 1 N–H and O–H groups in total. The Bertz CT molecular complexity index is 627. The zero-order valence-electron chi connectivity index (χ0n) is 12.0. The maximum atomic E-state index is 6.42. The molecule has 4 heteroatoms. The monoisotopic (exact) mass is 341 g/mol. The zero-order chi connectivity index (χ0) is 14.3. The molecule has 2 aromatic carbocycles. The van der Waals surface area contributed by atoms with Gasteiger partial charge in [0.1, 0.15) is 6.54 Å². The predicted octanol–water partition coefficient (Wildman–Crippen LogP) is 0.546. The van der Waals surface area contributed by atoms with Crippen molar-refractivity contribution in [1.82, 2.24) is 0 Å². The molecular formula is C17H18Cl3N. The van der Waals surface area contributed by atoms with Crippen molar-refractivity contribution in [2.24, 2.45) is 0 Å². The molecule has 0 radical (unpaired) electrons. The number of quaternary nitrogens is 1. The van der Waals surface area contributed by atoms with Crippen molar-refractivity contribution in [1.29, 1.82) is 0 Å². The summed E-state index contributed by atoms with van der Waals surface area (Å²) in [5.74, 6) is 0.344. The summed E-state index contributed by atoms with van der Waals surface area (Å²) in [5, 5.41) is 1.51. The Morgan fingerprint density at radius 3 is 2.43 bits per heavy atom. The van der Waals surface area contributed by atoms with Crippen LogP contribution in [0.2, 0.25) is 10.0 Å². The van der Waals surface area contributed by atoms with Crippen LogP contribution >= 0.6 is 23.2 Å². The molecule has 0 aliphatic carbocycles. The molecule has 1 heterocycles. The van der Waals surface area contributed by atoms with Gasteiger partial charge in [-0.1, -0.05) is 53.5 Å². The average molecular weight is 343 g/mol. The maximum Gasteiger partial charge on any atom is 0.105 e. The van der Waals surface area contributed by atoms with E-state index in [9.17, 15) is 0 Å². The van der Waals surface area contributed by atoms with Gasteiger partial charge in [0.25, 0.3) is 0 Å². The van der Waals surface area contributed by atoms with Crippen LogP contribution in [0.25, 0.3) is 0 Å². The quantitative estimate of drug-likeness (QED) is 0.772. The first-order chi connectivity index (χ1) is 9.58. The van der Waals surface area contributed by atoms with Crippen molar-refractivity contribution in [3.05, 3.63) is 69.2 Å². The minimum atomic E-state index is 0. The molecule has 3 rings (SSSR count). The van der Waals surface area contributed by atoms with Crippen LogP contribution in [0.3, 0.4) is 0 Å². The van der Waals surface area contributed by atoms with Crippen molar-refractivity contribution in [2.45, 2.75) is 25.4 Å². The second-order valence-electron chi connectivity index (χ2n) is 5.66. The molecular weight excluding hydrogens is 325 g/mol. The van der Waals surface area contributed by atoms with E-state index in [0.29, 0.717) is 12.0 Å². The zero-order valence-corrected chi connectivity index (χ0v) is 14.3. The Hall–Kier alpha value is -0.730. The van der Waals surface area contributed by atoms with Gasteiger partial charge in [-0.3, -0.25) is 0 Å². The number of hydrogen-bond acceptors (Lipinski definition) is 0. The van der Waals surface area contributed by atoms with Crippen molar-refractivity contribution in [2.75, 3.05) is 7.05 Å². The average Bonchev–Trinajstić information content (AvgIpc) is 2.42. The largest absolute Gasteiger partial charge is 1.00 e. The van der Waals surface area contributed by atoms with E-state index < -0.39 is 0 Å². The minimum Gasteiger partial charge on any atom is -1.00 e. The molecule has 1 nitrogen and oxygen atoms in total. The van der Waals surface area contributed by atoms with E-state index in [-0.39, 0.29) is 12.4 Å². The fourth-order valence-electron chi connectivity index (χ4n) is 3.21. The number of halogens is 3. The van der Waals surface area contributed by atoms with Crippen molar-refractivity contribution in [3.8, 4) is 0 Å². The maximum absolute atomic E-state index is 6.42. The summed E-state index contributed by atoms with van der Waals surface area (Å²) in [7, 11) is 2.23. The van der Waals surface area contributed by atoms with Crippen LogP contribution in [0, 0.1) is 0 Å². The van der Waals surface area contributed by atoms with Gasteiger partial charge in [-0.25, -0.2) is 0 Å². The summed E-state index contributed by atoms with van der Waals surface area (Å²) in [6, 6.07) is 15.1. The van der Waals surface area contributed by atoms with E-state index in [4.69, 9.17) is 23.2 Å². The highest BCUT2D eigenvalue weighted by Gasteiger charge is 2.35. The van der Waals surface area contributed by atoms with Crippen LogP contribution in [0.15, 0.2) is 42.5 Å². The van der Waals surface area contributed by atoms with Gasteiger partial charge in [0.2, 0.25) is 0 Å². The third-order valence-electron chi connectivity index (χ3n) is 4.42. The summed E-state index contributed by atoms with van der Waals surface area (Å²) in [6.07, 6.45) is 0. The molecule has 2 unspecified atom stereocenters. The van der Waals surface area contributed by atoms with Crippen LogP contribution < -0.4 is 17.3 Å². The van der Waals surface area contributed by atoms with Crippen molar-refractivity contribution in [3.63, 3.8) is 0 Å². The second-order valence-corrected chi connectivity index (χ2v) is 6.50. The molecule has 1 aliphatic heterocycles. The molecule has 112 valence electrons. The van der Waals surface area contributed by atoms with E-state index in [1.165, 1.54) is 21.6 Å². The number of nitrogens with one attached hydrogen (secondary N) is 1. The number of benzene rings is 2. The topological polar surface area (TPSA) is 4.44 Å². The normalized spacial score (nSPS) is 24.1. The molecule has 0 aromatic heterocycles. The molecule has 0 spiro atoms. The first-order valence-electron chi connectivity index (χ1n) is 6.93. The van der Waals surface area contributed by atoms with Crippen LogP contribution in [0.4, 0.5) is 0 Å². The lowest BCUT2D eigenvalue weighted by atomic mass is 9.80. The molecule has 0 fully saturated rings. The minimum absolute atomic E-state index is 0. The van der Waals surface area contributed by atoms with Gasteiger partial charge in [-0.15, -0.1) is 0 Å². The Morgan fingerprint density at radius 2 is 1.76 bits per heavy atom. The van der Waals surface area contributed by atoms with Gasteiger partial charge < -0.3 is 17.3 Å². The van der Waals surface area contributed by atoms with Crippen LogP contribution in [0.1, 0.15) is 29.5 Å². The number of hydrogen-bond donors (Lipinski definition) is 1. The highest BCUT2D eigenvalue weighted by atomic mass is 35.5. The lowest BCUT2D eigenvalue weighted by Gasteiger charge is -2.36. The fourth-order valence-corrected chi connectivity index (χ4v) is 3.79. The van der Waals surface area contributed by atoms with Crippen LogP contribution in [-0.2, 0) is 6.54 Å². The van der Waals surface area contributed by atoms with E-state index in [1.54, 1.807) is 0 Å². The van der Waals surface area contributed by atoms with Gasteiger partial charge in [-0.2, -0.15) is 0 Å². The summed E-state index contributed by atoms with van der Waals surface area (Å²) >= 11 is 12.6. The van der Waals surface area contributed by atoms with Crippen molar-refractivity contribution < 1.29 is 17.3 Å². The van der Waals surface area contributed by atoms with E-state index in [2.05, 4.69) is 50.4 Å². The highest BCUT2D eigenvalue weighted by molar-refractivity contribution is 6.35. The Morgan fingerprint density at radius 1 is 1.10 bits per heavy atom. The summed E-state index contributed by atoms with van der Waals surface area (Å²) in [4.78, 5) is 1.48. The number of rotatable bonds is 1. The lowest BCUT2D eigenvalue weighted by Crippen LogP contribution is -3.12. The number of fused-ring (bicyclic) bond motifs is 1. The third-order valence-corrected chi connectivity index (χ3v) is 4.98. The first-order valence-corrected chi connectivity index (χ1v) is 7.68. The smallest absolute Gasteiger partial charge is 0.105 e. The number of likely N-dealkylation sites (N-methyl/N-ethyl adjacent to an activating group) is 1. The Labute approximate surface area is 142 Å². The first kappa shape index (κ1) is 16.6. The summed E-state index contributed by atoms with van der Waals surface area (Å²) < 4.78 is 0. The van der Waals surface area contributed by atoms with Crippen LogP contribution in [0.5, 0.6) is 0 Å². The molecule has 1 aliphatic rings. The van der Waals surface area contributed by atoms with Crippen molar-refractivity contribution >= 4 is 23.2 Å². The SMILES string of the molecule is C[C@H]1C(c2ccccc2)c2cc(Cl)cc(Cl)c2C[NH+]1C.[Cl-]. The van der Waals surface area contributed by atoms with Gasteiger partial charge >= 0.3 is 0 Å². The molecule has 21 heavy (non-hydrogen) atoms. The van der Waals surface area contributed by atoms with Gasteiger partial charge in [-0.05, 0) is 30.2 Å². The van der Waals surface area contributed by atoms with Gasteiger partial charge in [0, 0.05) is 10.6 Å². The summed E-state index contributed by atoms with van der Waals surface area (Å²) in [6.45, 7) is 3.25. The standard InChI is InChI=1S/C17H17Cl2N.ClH/c1-11-17(12-6-4-3-5-7-12)14-8-13(18)9-16(19)15(14)10-20(11)2;/h3-9,11,17H,10H2,1-2H3;1H/t11-,17?;/m0./s1. The summed E-state index contributed by atoms with van der Waals surface area (Å²) in [5.41, 5.74) is 3.85. The Balaban J connectivity index is 0.00000161. The van der Waals surface area contributed by atoms with Gasteiger partial charge in [0.15, 0.2) is 0 Å². The predicted molar refractivity (Wildman–Crippen MR) is 84.8 cm³/mol. The molecule has 0 saturated heterocycles. The Kier molecular flexibility index (Phi) is 5.21. The van der Waals surface area contributed by atoms with Gasteiger partial charge in [0.05, 0.1) is 24.0 Å². The second kappa shape index (κ2) is 6.58. The molecule has 0 amide bonds. The highest BCUT2D eigenvalue weighted by Crippen LogP contribution is 2.37. The molecule has 0 saturated carbocycles. The molecule has 3 atom stereocenters. The van der Waals surface area contributed by atoms with E-state index >= 15 is 0 Å². The molecule has 0 bridgehead atoms. The third kappa shape index (κ3) is 3.07. The van der Waals surface area contributed by atoms with E-state index in [0.717, 1.165) is 16.6 Å². The molecule has 2 aromatic rings. The van der Waals surface area contributed by atoms with E-state index in [1.807, 2.05) is 6.07 Å². The lowest BCUT2D eigenvalue weighted by molar-refractivity contribution is -0.921.